The average molecular weight is 291 g/mol. The lowest BCUT2D eigenvalue weighted by molar-refractivity contribution is -0.133. The molecule has 2 amide bonds. The number of anilines is 2. The highest BCUT2D eigenvalue weighted by Gasteiger charge is 2.16. The van der Waals surface area contributed by atoms with Crippen LogP contribution in [0.25, 0.3) is 0 Å². The lowest BCUT2D eigenvalue weighted by atomic mass is 10.2. The standard InChI is InChI=1S/C13H13N3O3S/c1-7-5-9(17)3-4-10(7)15-11(18)12(19)16-13-14-8(2)6-20-13/h3-6,17H,1-2H3,(H,15,18)(H,14,16,19). The monoisotopic (exact) mass is 291 g/mol. The number of rotatable bonds is 2. The van der Waals surface area contributed by atoms with Crippen LogP contribution in [0.4, 0.5) is 10.8 Å². The van der Waals surface area contributed by atoms with Gasteiger partial charge in [0.15, 0.2) is 5.13 Å². The van der Waals surface area contributed by atoms with Crippen LogP contribution in [0, 0.1) is 13.8 Å². The maximum Gasteiger partial charge on any atom is 0.315 e. The summed E-state index contributed by atoms with van der Waals surface area (Å²) in [5, 5.41) is 16.3. The summed E-state index contributed by atoms with van der Waals surface area (Å²) in [4.78, 5) is 27.5. The minimum Gasteiger partial charge on any atom is -0.508 e. The zero-order chi connectivity index (χ0) is 14.7. The second-order valence-electron chi connectivity index (χ2n) is 4.20. The van der Waals surface area contributed by atoms with E-state index in [0.29, 0.717) is 16.4 Å². The van der Waals surface area contributed by atoms with Crippen molar-refractivity contribution in [3.05, 3.63) is 34.8 Å². The second kappa shape index (κ2) is 5.70. The van der Waals surface area contributed by atoms with Crippen LogP contribution in [-0.2, 0) is 9.59 Å². The van der Waals surface area contributed by atoms with Crippen LogP contribution in [0.2, 0.25) is 0 Å². The van der Waals surface area contributed by atoms with Gasteiger partial charge in [-0.15, -0.1) is 11.3 Å². The third kappa shape index (κ3) is 3.33. The van der Waals surface area contributed by atoms with Crippen molar-refractivity contribution in [2.75, 3.05) is 10.6 Å². The summed E-state index contributed by atoms with van der Waals surface area (Å²) in [6.45, 7) is 3.52. The van der Waals surface area contributed by atoms with E-state index < -0.39 is 11.8 Å². The molecule has 1 heterocycles. The van der Waals surface area contributed by atoms with E-state index in [9.17, 15) is 14.7 Å². The summed E-state index contributed by atoms with van der Waals surface area (Å²) in [6, 6.07) is 4.46. The fourth-order valence-corrected chi connectivity index (χ4v) is 2.22. The van der Waals surface area contributed by atoms with E-state index in [1.807, 2.05) is 0 Å². The predicted octanol–water partition coefficient (Wildman–Crippen LogP) is 2.04. The normalized spacial score (nSPS) is 10.1. The van der Waals surface area contributed by atoms with Gasteiger partial charge in [0.2, 0.25) is 0 Å². The van der Waals surface area contributed by atoms with Crippen LogP contribution >= 0.6 is 11.3 Å². The molecule has 0 aliphatic rings. The topological polar surface area (TPSA) is 91.3 Å². The molecule has 0 atom stereocenters. The van der Waals surface area contributed by atoms with Crippen LogP contribution in [0.5, 0.6) is 5.75 Å². The molecule has 3 N–H and O–H groups in total. The molecule has 0 bridgehead atoms. The molecule has 6 nitrogen and oxygen atoms in total. The van der Waals surface area contributed by atoms with Gasteiger partial charge in [0.1, 0.15) is 5.75 Å². The first kappa shape index (κ1) is 14.0. The number of phenols is 1. The summed E-state index contributed by atoms with van der Waals surface area (Å²) in [5.74, 6) is -1.47. The van der Waals surface area contributed by atoms with Crippen molar-refractivity contribution in [2.45, 2.75) is 13.8 Å². The highest BCUT2D eigenvalue weighted by Crippen LogP contribution is 2.20. The van der Waals surface area contributed by atoms with Crippen LogP contribution < -0.4 is 10.6 Å². The summed E-state index contributed by atoms with van der Waals surface area (Å²) in [5.41, 5.74) is 1.91. The molecule has 0 spiro atoms. The Morgan fingerprint density at radius 3 is 2.50 bits per heavy atom. The fourth-order valence-electron chi connectivity index (χ4n) is 1.53. The molecular weight excluding hydrogens is 278 g/mol. The van der Waals surface area contributed by atoms with Crippen LogP contribution in [0.1, 0.15) is 11.3 Å². The molecule has 2 rings (SSSR count). The van der Waals surface area contributed by atoms with Crippen molar-refractivity contribution in [1.29, 1.82) is 0 Å². The van der Waals surface area contributed by atoms with Gasteiger partial charge in [0, 0.05) is 11.1 Å². The number of aromatic nitrogens is 1. The van der Waals surface area contributed by atoms with E-state index in [0.717, 1.165) is 5.69 Å². The van der Waals surface area contributed by atoms with Crippen molar-refractivity contribution in [3.8, 4) is 5.75 Å². The zero-order valence-corrected chi connectivity index (χ0v) is 11.7. The molecule has 0 radical (unpaired) electrons. The van der Waals surface area contributed by atoms with Gasteiger partial charge in [-0.1, -0.05) is 0 Å². The molecule has 0 aliphatic heterocycles. The number of benzene rings is 1. The van der Waals surface area contributed by atoms with Crippen molar-refractivity contribution < 1.29 is 14.7 Å². The molecular formula is C13H13N3O3S. The van der Waals surface area contributed by atoms with E-state index in [1.54, 1.807) is 19.2 Å². The van der Waals surface area contributed by atoms with Gasteiger partial charge < -0.3 is 10.4 Å². The molecule has 1 aromatic carbocycles. The Balaban J connectivity index is 2.02. The van der Waals surface area contributed by atoms with E-state index in [-0.39, 0.29) is 5.75 Å². The van der Waals surface area contributed by atoms with E-state index >= 15 is 0 Å². The Kier molecular flexibility index (Phi) is 3.99. The van der Waals surface area contributed by atoms with Gasteiger partial charge >= 0.3 is 11.8 Å². The van der Waals surface area contributed by atoms with Crippen LogP contribution in [0.15, 0.2) is 23.6 Å². The second-order valence-corrected chi connectivity index (χ2v) is 5.06. The number of amides is 2. The fraction of sp³-hybridized carbons (Fsp3) is 0.154. The Morgan fingerprint density at radius 1 is 1.20 bits per heavy atom. The molecule has 104 valence electrons. The summed E-state index contributed by atoms with van der Waals surface area (Å²) in [7, 11) is 0. The average Bonchev–Trinajstić information content (AvgIpc) is 2.78. The van der Waals surface area contributed by atoms with E-state index in [2.05, 4.69) is 15.6 Å². The number of aromatic hydroxyl groups is 1. The van der Waals surface area contributed by atoms with E-state index in [1.165, 1.54) is 29.5 Å². The molecule has 0 saturated carbocycles. The number of hydrogen-bond donors (Lipinski definition) is 3. The quantitative estimate of drug-likeness (QED) is 0.583. The largest absolute Gasteiger partial charge is 0.508 e. The zero-order valence-electron chi connectivity index (χ0n) is 10.9. The number of carbonyl (C=O) groups excluding carboxylic acids is 2. The smallest absolute Gasteiger partial charge is 0.315 e. The molecule has 7 heteroatoms. The molecule has 0 aliphatic carbocycles. The van der Waals surface area contributed by atoms with Crippen LogP contribution in [-0.4, -0.2) is 21.9 Å². The summed E-state index contributed by atoms with van der Waals surface area (Å²) in [6.07, 6.45) is 0. The molecule has 0 fully saturated rings. The minimum atomic E-state index is -0.786. The number of aryl methyl sites for hydroxylation is 2. The Labute approximate surface area is 119 Å². The minimum absolute atomic E-state index is 0.100. The van der Waals surface area contributed by atoms with Gasteiger partial charge in [-0.05, 0) is 37.6 Å². The summed E-state index contributed by atoms with van der Waals surface area (Å²) < 4.78 is 0. The lowest BCUT2D eigenvalue weighted by Crippen LogP contribution is -2.29. The number of nitrogens with zero attached hydrogens (tertiary/aromatic N) is 1. The molecule has 2 aromatic rings. The van der Waals surface area contributed by atoms with Gasteiger partial charge in [0.05, 0.1) is 5.69 Å². The van der Waals surface area contributed by atoms with Crippen LogP contribution in [0.3, 0.4) is 0 Å². The Morgan fingerprint density at radius 2 is 1.90 bits per heavy atom. The first-order chi connectivity index (χ1) is 9.45. The Hall–Kier alpha value is -2.41. The number of nitrogens with one attached hydrogen (secondary N) is 2. The third-order valence-corrected chi connectivity index (χ3v) is 3.38. The van der Waals surface area contributed by atoms with Gasteiger partial charge in [-0.3, -0.25) is 14.9 Å². The number of phenolic OH excluding ortho intramolecular Hbond substituents is 1. The van der Waals surface area contributed by atoms with E-state index in [4.69, 9.17) is 0 Å². The Bertz CT molecular complexity index is 667. The maximum absolute atomic E-state index is 11.8. The number of thiazole rings is 1. The van der Waals surface area contributed by atoms with Crippen molar-refractivity contribution >= 4 is 34.0 Å². The lowest BCUT2D eigenvalue weighted by Gasteiger charge is -2.08. The predicted molar refractivity (Wildman–Crippen MR) is 77.0 cm³/mol. The number of carbonyl (C=O) groups is 2. The van der Waals surface area contributed by atoms with Gasteiger partial charge in [-0.25, -0.2) is 4.98 Å². The maximum atomic E-state index is 11.8. The first-order valence-corrected chi connectivity index (χ1v) is 6.68. The highest BCUT2D eigenvalue weighted by atomic mass is 32.1. The van der Waals surface area contributed by atoms with Gasteiger partial charge in [-0.2, -0.15) is 0 Å². The SMILES string of the molecule is Cc1csc(NC(=O)C(=O)Nc2ccc(O)cc2C)n1. The molecule has 1 aromatic heterocycles. The highest BCUT2D eigenvalue weighted by molar-refractivity contribution is 7.14. The molecule has 0 saturated heterocycles. The van der Waals surface area contributed by atoms with Crippen molar-refractivity contribution in [2.24, 2.45) is 0 Å². The molecule has 0 unspecified atom stereocenters. The van der Waals surface area contributed by atoms with Crippen molar-refractivity contribution in [3.63, 3.8) is 0 Å². The number of hydrogen-bond acceptors (Lipinski definition) is 5. The van der Waals surface area contributed by atoms with Crippen molar-refractivity contribution in [1.82, 2.24) is 4.98 Å². The van der Waals surface area contributed by atoms with Gasteiger partial charge in [0.25, 0.3) is 0 Å². The molecule has 20 heavy (non-hydrogen) atoms. The first-order valence-electron chi connectivity index (χ1n) is 5.80. The third-order valence-electron chi connectivity index (χ3n) is 2.50. The summed E-state index contributed by atoms with van der Waals surface area (Å²) >= 11 is 1.25.